The fourth-order valence-electron chi connectivity index (χ4n) is 3.22. The van der Waals surface area contributed by atoms with Crippen LogP contribution < -0.4 is 9.64 Å². The smallest absolute Gasteiger partial charge is 0.260 e. The van der Waals surface area contributed by atoms with Crippen molar-refractivity contribution >= 4 is 23.3 Å². The Bertz CT molecular complexity index is 989. The van der Waals surface area contributed by atoms with Gasteiger partial charge < -0.3 is 14.5 Å². The third-order valence-electron chi connectivity index (χ3n) is 4.92. The van der Waals surface area contributed by atoms with Crippen molar-refractivity contribution in [2.75, 3.05) is 37.7 Å². The van der Waals surface area contributed by atoms with E-state index in [4.69, 9.17) is 16.3 Å². The van der Waals surface area contributed by atoms with Crippen molar-refractivity contribution in [3.05, 3.63) is 71.5 Å². The van der Waals surface area contributed by atoms with Crippen LogP contribution in [-0.4, -0.2) is 53.8 Å². The van der Waals surface area contributed by atoms with Gasteiger partial charge >= 0.3 is 0 Å². The lowest BCUT2D eigenvalue weighted by Gasteiger charge is -2.35. The number of anilines is 1. The van der Waals surface area contributed by atoms with E-state index in [0.29, 0.717) is 42.6 Å². The van der Waals surface area contributed by atoms with Gasteiger partial charge in [-0.1, -0.05) is 11.6 Å². The van der Waals surface area contributed by atoms with Crippen molar-refractivity contribution in [3.63, 3.8) is 0 Å². The van der Waals surface area contributed by atoms with Crippen molar-refractivity contribution in [1.29, 1.82) is 0 Å². The van der Waals surface area contributed by atoms with Crippen molar-refractivity contribution in [3.8, 4) is 17.0 Å². The van der Waals surface area contributed by atoms with Gasteiger partial charge in [-0.25, -0.2) is 4.39 Å². The van der Waals surface area contributed by atoms with E-state index in [0.717, 1.165) is 11.4 Å². The lowest BCUT2D eigenvalue weighted by Crippen LogP contribution is -2.50. The standard InChI is InChI=1S/C22H20ClFN4O2/c23-17-3-7-19(8-4-17)30-15-22(29)28-13-11-27(12-14-28)21-10-9-20(25-26-21)16-1-5-18(24)6-2-16/h1-10H,11-15H2. The van der Waals surface area contributed by atoms with Gasteiger partial charge in [-0.05, 0) is 60.7 Å². The maximum absolute atomic E-state index is 13.1. The molecule has 0 aliphatic carbocycles. The van der Waals surface area contributed by atoms with E-state index >= 15 is 0 Å². The minimum Gasteiger partial charge on any atom is -0.484 e. The van der Waals surface area contributed by atoms with Gasteiger partial charge in [0.15, 0.2) is 12.4 Å². The van der Waals surface area contributed by atoms with Crippen LogP contribution in [0.3, 0.4) is 0 Å². The highest BCUT2D eigenvalue weighted by atomic mass is 35.5. The highest BCUT2D eigenvalue weighted by molar-refractivity contribution is 6.30. The van der Waals surface area contributed by atoms with Gasteiger partial charge in [-0.15, -0.1) is 10.2 Å². The first-order valence-corrected chi connectivity index (χ1v) is 9.97. The Balaban J connectivity index is 1.29. The molecule has 154 valence electrons. The first-order chi connectivity index (χ1) is 14.6. The Kier molecular flexibility index (Phi) is 6.09. The molecule has 2 heterocycles. The number of aromatic nitrogens is 2. The zero-order chi connectivity index (χ0) is 20.9. The molecule has 1 aliphatic rings. The zero-order valence-corrected chi connectivity index (χ0v) is 16.9. The third kappa shape index (κ3) is 4.86. The fourth-order valence-corrected chi connectivity index (χ4v) is 3.35. The number of carbonyl (C=O) groups excluding carboxylic acids is 1. The Labute approximate surface area is 178 Å². The van der Waals surface area contributed by atoms with Crippen LogP contribution in [-0.2, 0) is 4.79 Å². The van der Waals surface area contributed by atoms with E-state index in [1.165, 1.54) is 12.1 Å². The monoisotopic (exact) mass is 426 g/mol. The van der Waals surface area contributed by atoms with Crippen molar-refractivity contribution < 1.29 is 13.9 Å². The maximum Gasteiger partial charge on any atom is 0.260 e. The summed E-state index contributed by atoms with van der Waals surface area (Å²) >= 11 is 5.85. The lowest BCUT2D eigenvalue weighted by molar-refractivity contribution is -0.133. The van der Waals surface area contributed by atoms with Gasteiger partial charge in [0.05, 0.1) is 5.69 Å². The third-order valence-corrected chi connectivity index (χ3v) is 5.17. The fraction of sp³-hybridized carbons (Fsp3) is 0.227. The average molecular weight is 427 g/mol. The number of amides is 1. The van der Waals surface area contributed by atoms with E-state index in [9.17, 15) is 9.18 Å². The summed E-state index contributed by atoms with van der Waals surface area (Å²) in [5.41, 5.74) is 1.50. The summed E-state index contributed by atoms with van der Waals surface area (Å²) in [5, 5.41) is 9.17. The zero-order valence-electron chi connectivity index (χ0n) is 16.2. The molecule has 1 aromatic heterocycles. The largest absolute Gasteiger partial charge is 0.484 e. The summed E-state index contributed by atoms with van der Waals surface area (Å²) in [5.74, 6) is 1.03. The second kappa shape index (κ2) is 9.09. The van der Waals surface area contributed by atoms with Gasteiger partial charge in [-0.3, -0.25) is 4.79 Å². The van der Waals surface area contributed by atoms with Gasteiger partial charge in [0, 0.05) is 36.8 Å². The first-order valence-electron chi connectivity index (χ1n) is 9.59. The molecule has 1 fully saturated rings. The molecule has 0 bridgehead atoms. The van der Waals surface area contributed by atoms with Gasteiger partial charge in [0.2, 0.25) is 0 Å². The normalized spacial score (nSPS) is 13.9. The van der Waals surface area contributed by atoms with E-state index in [1.807, 2.05) is 12.1 Å². The first kappa shape index (κ1) is 20.1. The highest BCUT2D eigenvalue weighted by Gasteiger charge is 2.22. The van der Waals surface area contributed by atoms with Crippen LogP contribution in [0.2, 0.25) is 5.02 Å². The van der Waals surface area contributed by atoms with Crippen LogP contribution in [0, 0.1) is 5.82 Å². The topological polar surface area (TPSA) is 58.6 Å². The van der Waals surface area contributed by atoms with Gasteiger partial charge in [0.25, 0.3) is 5.91 Å². The number of nitrogens with zero attached hydrogens (tertiary/aromatic N) is 4. The molecule has 0 unspecified atom stereocenters. The summed E-state index contributed by atoms with van der Waals surface area (Å²) < 4.78 is 18.6. The minimum absolute atomic E-state index is 0.00615. The number of ether oxygens (including phenoxy) is 1. The number of halogens is 2. The molecule has 1 amide bonds. The Morgan fingerprint density at radius 3 is 2.27 bits per heavy atom. The molecule has 0 spiro atoms. The van der Waals surface area contributed by atoms with Crippen molar-refractivity contribution in [1.82, 2.24) is 15.1 Å². The SMILES string of the molecule is O=C(COc1ccc(Cl)cc1)N1CCN(c2ccc(-c3ccc(F)cc3)nn2)CC1. The molecule has 1 saturated heterocycles. The summed E-state index contributed by atoms with van der Waals surface area (Å²) in [6.45, 7) is 2.50. The molecule has 0 saturated carbocycles. The molecule has 2 aromatic carbocycles. The number of rotatable bonds is 5. The number of piperazine rings is 1. The van der Waals surface area contributed by atoms with E-state index in [2.05, 4.69) is 15.1 Å². The number of hydrogen-bond acceptors (Lipinski definition) is 5. The van der Waals surface area contributed by atoms with E-state index < -0.39 is 0 Å². The van der Waals surface area contributed by atoms with Crippen molar-refractivity contribution in [2.24, 2.45) is 0 Å². The predicted molar refractivity (Wildman–Crippen MR) is 113 cm³/mol. The van der Waals surface area contributed by atoms with Crippen LogP contribution in [0.25, 0.3) is 11.3 Å². The second-order valence-electron chi connectivity index (χ2n) is 6.89. The van der Waals surface area contributed by atoms with Crippen LogP contribution in [0.4, 0.5) is 10.2 Å². The molecule has 6 nitrogen and oxygen atoms in total. The molecule has 1 aliphatic heterocycles. The van der Waals surface area contributed by atoms with E-state index in [1.54, 1.807) is 41.3 Å². The Morgan fingerprint density at radius 1 is 0.933 bits per heavy atom. The molecule has 0 radical (unpaired) electrons. The predicted octanol–water partition coefficient (Wildman–Crippen LogP) is 3.66. The number of hydrogen-bond donors (Lipinski definition) is 0. The second-order valence-corrected chi connectivity index (χ2v) is 7.33. The summed E-state index contributed by atoms with van der Waals surface area (Å²) in [6, 6.07) is 16.8. The van der Waals surface area contributed by atoms with E-state index in [-0.39, 0.29) is 18.3 Å². The molecule has 3 aromatic rings. The Morgan fingerprint density at radius 2 is 1.63 bits per heavy atom. The summed E-state index contributed by atoms with van der Waals surface area (Å²) in [4.78, 5) is 16.3. The molecule has 30 heavy (non-hydrogen) atoms. The Hall–Kier alpha value is -3.19. The van der Waals surface area contributed by atoms with Crippen molar-refractivity contribution in [2.45, 2.75) is 0 Å². The minimum atomic E-state index is -0.283. The lowest BCUT2D eigenvalue weighted by atomic mass is 10.1. The summed E-state index contributed by atoms with van der Waals surface area (Å²) in [7, 11) is 0. The van der Waals surface area contributed by atoms with Crippen LogP contribution in [0.15, 0.2) is 60.7 Å². The van der Waals surface area contributed by atoms with Crippen LogP contribution in [0.1, 0.15) is 0 Å². The summed E-state index contributed by atoms with van der Waals surface area (Å²) in [6.07, 6.45) is 0. The molecule has 8 heteroatoms. The van der Waals surface area contributed by atoms with Crippen LogP contribution in [0.5, 0.6) is 5.75 Å². The van der Waals surface area contributed by atoms with Gasteiger partial charge in [0.1, 0.15) is 11.6 Å². The molecular weight excluding hydrogens is 407 g/mol. The molecular formula is C22H20ClFN4O2. The average Bonchev–Trinajstić information content (AvgIpc) is 2.79. The van der Waals surface area contributed by atoms with Crippen LogP contribution >= 0.6 is 11.6 Å². The van der Waals surface area contributed by atoms with Gasteiger partial charge in [-0.2, -0.15) is 0 Å². The maximum atomic E-state index is 13.1. The molecule has 0 N–H and O–H groups in total. The molecule has 0 atom stereocenters. The molecule has 4 rings (SSSR count). The number of carbonyl (C=O) groups is 1. The highest BCUT2D eigenvalue weighted by Crippen LogP contribution is 2.20. The number of benzene rings is 2. The quantitative estimate of drug-likeness (QED) is 0.623.